The number of aryl methyl sites for hydroxylation is 1. The lowest BCUT2D eigenvalue weighted by Gasteiger charge is -2.14. The number of carbonyl (C=O) groups excluding carboxylic acids is 1. The molecule has 20 heavy (non-hydrogen) atoms. The number of nitrogen functional groups attached to an aromatic ring is 1. The molecular weight excluding hydrogens is 250 g/mol. The second-order valence-corrected chi connectivity index (χ2v) is 4.78. The Morgan fingerprint density at radius 3 is 2.65 bits per heavy atom. The summed E-state index contributed by atoms with van der Waals surface area (Å²) >= 11 is 0. The van der Waals surface area contributed by atoms with E-state index < -0.39 is 0 Å². The van der Waals surface area contributed by atoms with E-state index in [-0.39, 0.29) is 11.9 Å². The monoisotopic (exact) mass is 269 g/mol. The number of rotatable bonds is 5. The molecule has 1 amide bonds. The van der Waals surface area contributed by atoms with Gasteiger partial charge in [-0.2, -0.15) is 0 Å². The van der Waals surface area contributed by atoms with E-state index in [0.717, 1.165) is 16.9 Å². The maximum absolute atomic E-state index is 11.9. The topological polar surface area (TPSA) is 68.0 Å². The van der Waals surface area contributed by atoms with Crippen LogP contribution in [0.2, 0.25) is 0 Å². The highest BCUT2D eigenvalue weighted by molar-refractivity contribution is 5.76. The van der Waals surface area contributed by atoms with Gasteiger partial charge in [0.1, 0.15) is 0 Å². The molecule has 1 aromatic carbocycles. The van der Waals surface area contributed by atoms with Gasteiger partial charge in [0.05, 0.1) is 6.04 Å². The van der Waals surface area contributed by atoms with Crippen LogP contribution in [-0.4, -0.2) is 10.9 Å². The van der Waals surface area contributed by atoms with Gasteiger partial charge in [0, 0.05) is 24.0 Å². The number of hydrogen-bond donors (Lipinski definition) is 2. The number of anilines is 1. The maximum atomic E-state index is 11.9. The third kappa shape index (κ3) is 4.09. The fraction of sp³-hybridized carbons (Fsp3) is 0.250. The van der Waals surface area contributed by atoms with Crippen molar-refractivity contribution in [2.75, 3.05) is 5.73 Å². The Bertz CT molecular complexity index is 552. The first kappa shape index (κ1) is 14.1. The third-order valence-corrected chi connectivity index (χ3v) is 3.15. The standard InChI is InChI=1S/C16H19N3O/c1-12(13-5-7-14(17)8-6-13)19-16(20)10-9-15-4-2-3-11-18-15/h2-8,11-12H,9-10,17H2,1H3,(H,19,20). The first-order valence-corrected chi connectivity index (χ1v) is 6.70. The van der Waals surface area contributed by atoms with Gasteiger partial charge in [0.15, 0.2) is 0 Å². The van der Waals surface area contributed by atoms with E-state index >= 15 is 0 Å². The summed E-state index contributed by atoms with van der Waals surface area (Å²) in [4.78, 5) is 16.1. The minimum atomic E-state index is -0.0215. The highest BCUT2D eigenvalue weighted by Crippen LogP contribution is 2.14. The minimum Gasteiger partial charge on any atom is -0.399 e. The van der Waals surface area contributed by atoms with Crippen LogP contribution in [0.1, 0.15) is 30.6 Å². The molecule has 4 nitrogen and oxygen atoms in total. The Hall–Kier alpha value is -2.36. The predicted molar refractivity (Wildman–Crippen MR) is 80.0 cm³/mol. The van der Waals surface area contributed by atoms with Crippen molar-refractivity contribution < 1.29 is 4.79 Å². The van der Waals surface area contributed by atoms with E-state index in [1.807, 2.05) is 49.4 Å². The third-order valence-electron chi connectivity index (χ3n) is 3.15. The molecule has 1 atom stereocenters. The fourth-order valence-electron chi connectivity index (χ4n) is 1.97. The van der Waals surface area contributed by atoms with Crippen molar-refractivity contribution in [3.8, 4) is 0 Å². The molecule has 0 fully saturated rings. The van der Waals surface area contributed by atoms with Crippen LogP contribution >= 0.6 is 0 Å². The molecule has 0 aliphatic heterocycles. The van der Waals surface area contributed by atoms with Gasteiger partial charge in [0.2, 0.25) is 5.91 Å². The van der Waals surface area contributed by atoms with Crippen LogP contribution in [0.15, 0.2) is 48.7 Å². The number of nitrogens with two attached hydrogens (primary N) is 1. The zero-order chi connectivity index (χ0) is 14.4. The van der Waals surface area contributed by atoms with E-state index in [9.17, 15) is 4.79 Å². The van der Waals surface area contributed by atoms with Crippen molar-refractivity contribution in [3.63, 3.8) is 0 Å². The number of nitrogens with one attached hydrogen (secondary N) is 1. The van der Waals surface area contributed by atoms with Crippen LogP contribution in [0.5, 0.6) is 0 Å². The van der Waals surface area contributed by atoms with Crippen LogP contribution in [0.25, 0.3) is 0 Å². The van der Waals surface area contributed by atoms with Crippen molar-refractivity contribution >= 4 is 11.6 Å². The molecule has 0 aliphatic carbocycles. The van der Waals surface area contributed by atoms with Crippen LogP contribution in [0.4, 0.5) is 5.69 Å². The fourth-order valence-corrected chi connectivity index (χ4v) is 1.97. The summed E-state index contributed by atoms with van der Waals surface area (Å²) in [6.07, 6.45) is 2.84. The van der Waals surface area contributed by atoms with Gasteiger partial charge in [-0.3, -0.25) is 9.78 Å². The second kappa shape index (κ2) is 6.70. The second-order valence-electron chi connectivity index (χ2n) is 4.78. The molecular formula is C16H19N3O. The molecule has 3 N–H and O–H groups in total. The van der Waals surface area contributed by atoms with Crippen LogP contribution in [0.3, 0.4) is 0 Å². The average Bonchev–Trinajstić information content (AvgIpc) is 2.47. The summed E-state index contributed by atoms with van der Waals surface area (Å²) < 4.78 is 0. The van der Waals surface area contributed by atoms with Crippen molar-refractivity contribution in [2.24, 2.45) is 0 Å². The Morgan fingerprint density at radius 1 is 1.25 bits per heavy atom. The molecule has 0 aliphatic rings. The Balaban J connectivity index is 1.83. The van der Waals surface area contributed by atoms with Crippen LogP contribution in [-0.2, 0) is 11.2 Å². The molecule has 1 unspecified atom stereocenters. The average molecular weight is 269 g/mol. The van der Waals surface area contributed by atoms with Crippen molar-refractivity contribution in [3.05, 3.63) is 59.9 Å². The number of hydrogen-bond acceptors (Lipinski definition) is 3. The van der Waals surface area contributed by atoms with Gasteiger partial charge in [-0.05, 0) is 43.2 Å². The quantitative estimate of drug-likeness (QED) is 0.819. The number of pyridine rings is 1. The van der Waals surface area contributed by atoms with Crippen molar-refractivity contribution in [1.29, 1.82) is 0 Å². The zero-order valence-corrected chi connectivity index (χ0v) is 11.5. The van der Waals surface area contributed by atoms with Gasteiger partial charge in [-0.25, -0.2) is 0 Å². The molecule has 0 saturated carbocycles. The number of benzene rings is 1. The lowest BCUT2D eigenvalue weighted by molar-refractivity contribution is -0.121. The summed E-state index contributed by atoms with van der Waals surface area (Å²) in [5.74, 6) is 0.0278. The van der Waals surface area contributed by atoms with Gasteiger partial charge in [-0.15, -0.1) is 0 Å². The SMILES string of the molecule is CC(NC(=O)CCc1ccccn1)c1ccc(N)cc1. The smallest absolute Gasteiger partial charge is 0.220 e. The first-order chi connectivity index (χ1) is 9.65. The van der Waals surface area contributed by atoms with Crippen molar-refractivity contribution in [1.82, 2.24) is 10.3 Å². The summed E-state index contributed by atoms with van der Waals surface area (Å²) in [5.41, 5.74) is 8.35. The summed E-state index contributed by atoms with van der Waals surface area (Å²) in [7, 11) is 0. The molecule has 0 spiro atoms. The molecule has 0 bridgehead atoms. The highest BCUT2D eigenvalue weighted by atomic mass is 16.1. The molecule has 104 valence electrons. The van der Waals surface area contributed by atoms with Crippen molar-refractivity contribution in [2.45, 2.75) is 25.8 Å². The van der Waals surface area contributed by atoms with E-state index in [2.05, 4.69) is 10.3 Å². The molecule has 1 aromatic heterocycles. The lowest BCUT2D eigenvalue weighted by atomic mass is 10.1. The van der Waals surface area contributed by atoms with E-state index in [1.165, 1.54) is 0 Å². The Labute approximate surface area is 119 Å². The Kier molecular flexibility index (Phi) is 4.71. The van der Waals surface area contributed by atoms with Gasteiger partial charge in [-0.1, -0.05) is 18.2 Å². The molecule has 1 heterocycles. The minimum absolute atomic E-state index is 0.0215. The van der Waals surface area contributed by atoms with Gasteiger partial charge < -0.3 is 11.1 Å². The summed E-state index contributed by atoms with van der Waals surface area (Å²) in [6, 6.07) is 13.2. The number of amides is 1. The number of carbonyl (C=O) groups is 1. The van der Waals surface area contributed by atoms with Crippen LogP contribution < -0.4 is 11.1 Å². The summed E-state index contributed by atoms with van der Waals surface area (Å²) in [6.45, 7) is 1.96. The van der Waals surface area contributed by atoms with E-state index in [4.69, 9.17) is 5.73 Å². The predicted octanol–water partition coefficient (Wildman–Crippen LogP) is 2.47. The van der Waals surface area contributed by atoms with Gasteiger partial charge in [0.25, 0.3) is 0 Å². The molecule has 0 radical (unpaired) electrons. The number of aromatic nitrogens is 1. The van der Waals surface area contributed by atoms with Crippen LogP contribution in [0, 0.1) is 0 Å². The largest absolute Gasteiger partial charge is 0.399 e. The molecule has 2 rings (SSSR count). The zero-order valence-electron chi connectivity index (χ0n) is 11.5. The number of nitrogens with zero attached hydrogens (tertiary/aromatic N) is 1. The lowest BCUT2D eigenvalue weighted by Crippen LogP contribution is -2.26. The van der Waals surface area contributed by atoms with E-state index in [0.29, 0.717) is 12.8 Å². The molecule has 4 heteroatoms. The molecule has 2 aromatic rings. The van der Waals surface area contributed by atoms with E-state index in [1.54, 1.807) is 6.20 Å². The highest BCUT2D eigenvalue weighted by Gasteiger charge is 2.09. The molecule has 0 saturated heterocycles. The summed E-state index contributed by atoms with van der Waals surface area (Å²) in [5, 5.41) is 2.98. The maximum Gasteiger partial charge on any atom is 0.220 e. The normalized spacial score (nSPS) is 11.8. The Morgan fingerprint density at radius 2 is 2.00 bits per heavy atom. The van der Waals surface area contributed by atoms with Gasteiger partial charge >= 0.3 is 0 Å². The first-order valence-electron chi connectivity index (χ1n) is 6.70.